The molecular weight excluding hydrogens is 262 g/mol. The lowest BCUT2D eigenvalue weighted by atomic mass is 10.1. The molecule has 1 aromatic rings. The van der Waals surface area contributed by atoms with Gasteiger partial charge in [-0.15, -0.1) is 0 Å². The molecule has 0 aliphatic carbocycles. The lowest BCUT2D eigenvalue weighted by Crippen LogP contribution is -2.31. The fourth-order valence-electron chi connectivity index (χ4n) is 2.20. The van der Waals surface area contributed by atoms with E-state index in [9.17, 15) is 4.79 Å². The number of hydrogen-bond acceptors (Lipinski definition) is 3. The first kappa shape index (κ1) is 17.5. The lowest BCUT2D eigenvalue weighted by Gasteiger charge is -2.29. The van der Waals surface area contributed by atoms with Crippen LogP contribution in [0.2, 0.25) is 0 Å². The van der Waals surface area contributed by atoms with E-state index in [-0.39, 0.29) is 5.97 Å². The summed E-state index contributed by atoms with van der Waals surface area (Å²) < 4.78 is 5.23. The summed E-state index contributed by atoms with van der Waals surface area (Å²) in [6, 6.07) is 8.23. The number of rotatable bonds is 9. The van der Waals surface area contributed by atoms with Crippen LogP contribution in [0, 0.1) is 0 Å². The van der Waals surface area contributed by atoms with Crippen LogP contribution in [0.4, 0.5) is 5.69 Å². The number of nitrogens with zero attached hydrogens (tertiary/aromatic N) is 1. The molecule has 0 aliphatic rings. The normalized spacial score (nSPS) is 10.7. The predicted molar refractivity (Wildman–Crippen MR) is 89.0 cm³/mol. The topological polar surface area (TPSA) is 29.5 Å². The SMILES string of the molecule is CCCCOC(=O)c1ccc(N(CCCC)C(C)C)cc1. The third-order valence-corrected chi connectivity index (χ3v) is 3.54. The molecule has 0 bridgehead atoms. The summed E-state index contributed by atoms with van der Waals surface area (Å²) in [5, 5.41) is 0. The largest absolute Gasteiger partial charge is 0.462 e. The average Bonchev–Trinajstić information content (AvgIpc) is 2.48. The highest BCUT2D eigenvalue weighted by Gasteiger charge is 2.12. The maximum Gasteiger partial charge on any atom is 0.338 e. The number of unbranched alkanes of at least 4 members (excludes halogenated alkanes) is 2. The van der Waals surface area contributed by atoms with Gasteiger partial charge in [-0.25, -0.2) is 4.79 Å². The van der Waals surface area contributed by atoms with Crippen LogP contribution < -0.4 is 4.90 Å². The van der Waals surface area contributed by atoms with Gasteiger partial charge in [-0.05, 0) is 51.0 Å². The fourth-order valence-corrected chi connectivity index (χ4v) is 2.20. The molecule has 0 spiro atoms. The number of benzene rings is 1. The zero-order valence-corrected chi connectivity index (χ0v) is 13.9. The van der Waals surface area contributed by atoms with E-state index in [4.69, 9.17) is 4.74 Å². The minimum absolute atomic E-state index is 0.223. The number of anilines is 1. The average molecular weight is 291 g/mol. The molecule has 118 valence electrons. The van der Waals surface area contributed by atoms with Gasteiger partial charge >= 0.3 is 5.97 Å². The number of ether oxygens (including phenoxy) is 1. The maximum atomic E-state index is 11.9. The zero-order valence-electron chi connectivity index (χ0n) is 13.9. The molecule has 3 heteroatoms. The highest BCUT2D eigenvalue weighted by molar-refractivity contribution is 5.89. The summed E-state index contributed by atoms with van der Waals surface area (Å²) in [5.41, 5.74) is 1.80. The summed E-state index contributed by atoms with van der Waals surface area (Å²) in [4.78, 5) is 14.2. The van der Waals surface area contributed by atoms with Gasteiger partial charge in [0, 0.05) is 18.3 Å². The molecule has 0 saturated heterocycles. The molecule has 1 aromatic carbocycles. The number of carbonyl (C=O) groups is 1. The Morgan fingerprint density at radius 2 is 1.71 bits per heavy atom. The van der Waals surface area contributed by atoms with Gasteiger partial charge in [0.25, 0.3) is 0 Å². The second-order valence-corrected chi connectivity index (χ2v) is 5.68. The molecule has 1 rings (SSSR count). The molecule has 0 amide bonds. The van der Waals surface area contributed by atoms with Crippen LogP contribution in [0.15, 0.2) is 24.3 Å². The Hall–Kier alpha value is -1.51. The zero-order chi connectivity index (χ0) is 15.7. The van der Waals surface area contributed by atoms with Crippen LogP contribution in [-0.4, -0.2) is 25.2 Å². The first-order valence-electron chi connectivity index (χ1n) is 8.14. The van der Waals surface area contributed by atoms with E-state index in [0.717, 1.165) is 19.4 Å². The highest BCUT2D eigenvalue weighted by atomic mass is 16.5. The van der Waals surface area contributed by atoms with E-state index in [1.807, 2.05) is 24.3 Å². The molecule has 0 fully saturated rings. The molecule has 0 atom stereocenters. The Kier molecular flexibility index (Phi) is 7.88. The second kappa shape index (κ2) is 9.43. The van der Waals surface area contributed by atoms with Crippen LogP contribution >= 0.6 is 0 Å². The van der Waals surface area contributed by atoms with Crippen molar-refractivity contribution in [2.75, 3.05) is 18.1 Å². The van der Waals surface area contributed by atoms with E-state index in [1.165, 1.54) is 18.5 Å². The van der Waals surface area contributed by atoms with Crippen LogP contribution in [0.3, 0.4) is 0 Å². The van der Waals surface area contributed by atoms with Crippen LogP contribution in [0.1, 0.15) is 63.7 Å². The van der Waals surface area contributed by atoms with E-state index in [0.29, 0.717) is 18.2 Å². The first-order chi connectivity index (χ1) is 10.1. The summed E-state index contributed by atoms with van der Waals surface area (Å²) >= 11 is 0. The van der Waals surface area contributed by atoms with Crippen molar-refractivity contribution < 1.29 is 9.53 Å². The molecule has 0 radical (unpaired) electrons. The van der Waals surface area contributed by atoms with Crippen molar-refractivity contribution >= 4 is 11.7 Å². The highest BCUT2D eigenvalue weighted by Crippen LogP contribution is 2.19. The third-order valence-electron chi connectivity index (χ3n) is 3.54. The molecule has 3 nitrogen and oxygen atoms in total. The number of hydrogen-bond donors (Lipinski definition) is 0. The molecular formula is C18H29NO2. The van der Waals surface area contributed by atoms with Crippen LogP contribution in [0.5, 0.6) is 0 Å². The number of carbonyl (C=O) groups excluding carboxylic acids is 1. The molecule has 0 aromatic heterocycles. The lowest BCUT2D eigenvalue weighted by molar-refractivity contribution is 0.0500. The summed E-state index contributed by atoms with van der Waals surface area (Å²) in [6.45, 7) is 10.2. The van der Waals surface area contributed by atoms with E-state index >= 15 is 0 Å². The fraction of sp³-hybridized carbons (Fsp3) is 0.611. The van der Waals surface area contributed by atoms with E-state index in [1.54, 1.807) is 0 Å². The number of esters is 1. The van der Waals surface area contributed by atoms with Gasteiger partial charge in [-0.2, -0.15) is 0 Å². The first-order valence-corrected chi connectivity index (χ1v) is 8.14. The van der Waals surface area contributed by atoms with Gasteiger partial charge in [-0.3, -0.25) is 0 Å². The van der Waals surface area contributed by atoms with Gasteiger partial charge in [0.15, 0.2) is 0 Å². The van der Waals surface area contributed by atoms with Gasteiger partial charge in [0.05, 0.1) is 12.2 Å². The summed E-state index contributed by atoms with van der Waals surface area (Å²) in [5.74, 6) is -0.223. The van der Waals surface area contributed by atoms with Crippen molar-refractivity contribution in [2.24, 2.45) is 0 Å². The molecule has 0 saturated carbocycles. The van der Waals surface area contributed by atoms with Gasteiger partial charge in [0.1, 0.15) is 0 Å². The summed E-state index contributed by atoms with van der Waals surface area (Å²) in [6.07, 6.45) is 4.32. The van der Waals surface area contributed by atoms with Crippen molar-refractivity contribution in [3.05, 3.63) is 29.8 Å². The van der Waals surface area contributed by atoms with Crippen molar-refractivity contribution in [3.8, 4) is 0 Å². The molecule has 0 aliphatic heterocycles. The molecule has 21 heavy (non-hydrogen) atoms. The Labute approximate surface area is 129 Å². The van der Waals surface area contributed by atoms with Crippen molar-refractivity contribution in [3.63, 3.8) is 0 Å². The Morgan fingerprint density at radius 1 is 1.10 bits per heavy atom. The van der Waals surface area contributed by atoms with Gasteiger partial charge in [-0.1, -0.05) is 26.7 Å². The van der Waals surface area contributed by atoms with Crippen LogP contribution in [-0.2, 0) is 4.74 Å². The van der Waals surface area contributed by atoms with Crippen molar-refractivity contribution in [1.82, 2.24) is 0 Å². The maximum absolute atomic E-state index is 11.9. The Bertz CT molecular complexity index is 412. The predicted octanol–water partition coefficient (Wildman–Crippen LogP) is 4.66. The molecule has 0 heterocycles. The summed E-state index contributed by atoms with van der Waals surface area (Å²) in [7, 11) is 0. The smallest absolute Gasteiger partial charge is 0.338 e. The van der Waals surface area contributed by atoms with E-state index in [2.05, 4.69) is 32.6 Å². The van der Waals surface area contributed by atoms with Gasteiger partial charge in [0.2, 0.25) is 0 Å². The molecule has 0 unspecified atom stereocenters. The Balaban J connectivity index is 2.68. The minimum atomic E-state index is -0.223. The van der Waals surface area contributed by atoms with Crippen LogP contribution in [0.25, 0.3) is 0 Å². The quantitative estimate of drug-likeness (QED) is 0.489. The van der Waals surface area contributed by atoms with Crippen molar-refractivity contribution in [2.45, 2.75) is 59.4 Å². The van der Waals surface area contributed by atoms with Crippen molar-refractivity contribution in [1.29, 1.82) is 0 Å². The standard InChI is InChI=1S/C18H29NO2/c1-5-7-13-19(15(3)4)17-11-9-16(10-12-17)18(20)21-14-8-6-2/h9-12,15H,5-8,13-14H2,1-4H3. The van der Waals surface area contributed by atoms with Gasteiger partial charge < -0.3 is 9.64 Å². The third kappa shape index (κ3) is 5.78. The minimum Gasteiger partial charge on any atom is -0.462 e. The Morgan fingerprint density at radius 3 is 2.24 bits per heavy atom. The van der Waals surface area contributed by atoms with E-state index < -0.39 is 0 Å². The second-order valence-electron chi connectivity index (χ2n) is 5.68. The monoisotopic (exact) mass is 291 g/mol. The molecule has 0 N–H and O–H groups in total.